The minimum atomic E-state index is -0.222. The maximum Gasteiger partial charge on any atom is 0.307 e. The fraction of sp³-hybridized carbons (Fsp3) is 0.160. The Bertz CT molecular complexity index is 1390. The predicted octanol–water partition coefficient (Wildman–Crippen LogP) is 4.63. The van der Waals surface area contributed by atoms with Crippen molar-refractivity contribution in [1.82, 2.24) is 9.47 Å². The molecule has 1 aromatic heterocycles. The van der Waals surface area contributed by atoms with Crippen molar-refractivity contribution in [3.63, 3.8) is 0 Å². The van der Waals surface area contributed by atoms with Gasteiger partial charge in [0.2, 0.25) is 5.91 Å². The average molecular weight is 476 g/mol. The molecule has 1 N–H and O–H groups in total. The van der Waals surface area contributed by atoms with Gasteiger partial charge in [0.05, 0.1) is 16.0 Å². The molecule has 0 spiro atoms. The zero-order chi connectivity index (χ0) is 22.9. The van der Waals surface area contributed by atoms with Crippen LogP contribution < -0.4 is 10.2 Å². The standard InChI is InChI=1S/C25H21N3O3S2/c1-27-20-12-11-19(13-21(20)33-25(27)31)26-23(30)17-7-9-18(10-8-17)24-28(22(29)15-32-24)14-16-5-3-2-4-6-16/h2-13,24H,14-15H2,1H3,(H,26,30)/t24-/m0/s1. The lowest BCUT2D eigenvalue weighted by Crippen LogP contribution is -2.27. The number of fused-ring (bicyclic) bond motifs is 1. The van der Waals surface area contributed by atoms with Crippen LogP contribution in [0.4, 0.5) is 5.69 Å². The molecule has 0 unspecified atom stereocenters. The van der Waals surface area contributed by atoms with Crippen molar-refractivity contribution in [3.8, 4) is 0 Å². The van der Waals surface area contributed by atoms with Crippen LogP contribution in [0.1, 0.15) is 26.9 Å². The predicted molar refractivity (Wildman–Crippen MR) is 134 cm³/mol. The normalized spacial score (nSPS) is 15.8. The van der Waals surface area contributed by atoms with Crippen LogP contribution in [0.25, 0.3) is 10.2 Å². The van der Waals surface area contributed by atoms with Gasteiger partial charge in [-0.05, 0) is 41.5 Å². The number of aromatic nitrogens is 1. The Morgan fingerprint density at radius 3 is 2.55 bits per heavy atom. The van der Waals surface area contributed by atoms with E-state index in [9.17, 15) is 14.4 Å². The molecule has 8 heteroatoms. The van der Waals surface area contributed by atoms with Gasteiger partial charge in [0.25, 0.3) is 5.91 Å². The van der Waals surface area contributed by atoms with Crippen LogP contribution in [0.15, 0.2) is 77.6 Å². The van der Waals surface area contributed by atoms with Crippen LogP contribution >= 0.6 is 23.1 Å². The topological polar surface area (TPSA) is 71.4 Å². The van der Waals surface area contributed by atoms with E-state index in [0.717, 1.165) is 32.7 Å². The molecular formula is C25H21N3O3S2. The highest BCUT2D eigenvalue weighted by Gasteiger charge is 2.32. The summed E-state index contributed by atoms with van der Waals surface area (Å²) < 4.78 is 2.43. The molecule has 0 aliphatic carbocycles. The number of anilines is 1. The van der Waals surface area contributed by atoms with Gasteiger partial charge >= 0.3 is 4.87 Å². The summed E-state index contributed by atoms with van der Waals surface area (Å²) in [5, 5.41) is 2.83. The molecule has 166 valence electrons. The first-order valence-corrected chi connectivity index (χ1v) is 12.3. The molecule has 3 aromatic carbocycles. The minimum absolute atomic E-state index is 0.0337. The average Bonchev–Trinajstić information content (AvgIpc) is 3.33. The third-order valence-electron chi connectivity index (χ3n) is 5.67. The lowest BCUT2D eigenvalue weighted by atomic mass is 10.1. The quantitative estimate of drug-likeness (QED) is 0.457. The molecular weight excluding hydrogens is 454 g/mol. The number of rotatable bonds is 5. The number of nitrogens with one attached hydrogen (secondary N) is 1. The van der Waals surface area contributed by atoms with Gasteiger partial charge in [0.1, 0.15) is 5.37 Å². The molecule has 2 amide bonds. The van der Waals surface area contributed by atoms with E-state index in [-0.39, 0.29) is 22.1 Å². The number of hydrogen-bond acceptors (Lipinski definition) is 5. The molecule has 1 atom stereocenters. The van der Waals surface area contributed by atoms with Crippen LogP contribution in [-0.4, -0.2) is 27.0 Å². The van der Waals surface area contributed by atoms with Crippen molar-refractivity contribution in [2.24, 2.45) is 7.05 Å². The molecule has 4 aromatic rings. The van der Waals surface area contributed by atoms with Gasteiger partial charge in [-0.25, -0.2) is 0 Å². The first-order chi connectivity index (χ1) is 16.0. The van der Waals surface area contributed by atoms with E-state index in [1.807, 2.05) is 59.5 Å². The first kappa shape index (κ1) is 21.5. The summed E-state index contributed by atoms with van der Waals surface area (Å²) in [6, 6.07) is 22.8. The van der Waals surface area contributed by atoms with Crippen molar-refractivity contribution < 1.29 is 9.59 Å². The Labute approximate surface area is 198 Å². The second-order valence-corrected chi connectivity index (χ2v) is 9.92. The van der Waals surface area contributed by atoms with Crippen LogP contribution in [0, 0.1) is 0 Å². The van der Waals surface area contributed by atoms with E-state index >= 15 is 0 Å². The molecule has 33 heavy (non-hydrogen) atoms. The number of benzene rings is 3. The summed E-state index contributed by atoms with van der Waals surface area (Å²) in [7, 11) is 1.73. The summed E-state index contributed by atoms with van der Waals surface area (Å²) in [5.74, 6) is 0.350. The van der Waals surface area contributed by atoms with Gasteiger partial charge in [-0.2, -0.15) is 0 Å². The fourth-order valence-corrected chi connectivity index (χ4v) is 6.00. The van der Waals surface area contributed by atoms with Gasteiger partial charge in [-0.15, -0.1) is 11.8 Å². The van der Waals surface area contributed by atoms with E-state index in [1.54, 1.807) is 41.6 Å². The molecule has 0 bridgehead atoms. The largest absolute Gasteiger partial charge is 0.322 e. The summed E-state index contributed by atoms with van der Waals surface area (Å²) >= 11 is 2.76. The number of thioether (sulfide) groups is 1. The Kier molecular flexibility index (Phi) is 5.78. The van der Waals surface area contributed by atoms with E-state index in [0.29, 0.717) is 23.5 Å². The summed E-state index contributed by atoms with van der Waals surface area (Å²) in [5.41, 5.74) is 4.10. The lowest BCUT2D eigenvalue weighted by Gasteiger charge is -2.24. The van der Waals surface area contributed by atoms with Gasteiger partial charge in [0, 0.05) is 24.8 Å². The molecule has 6 nitrogen and oxygen atoms in total. The molecule has 1 saturated heterocycles. The number of carbonyl (C=O) groups excluding carboxylic acids is 2. The Hall–Kier alpha value is -3.36. The second-order valence-electron chi connectivity index (χ2n) is 7.86. The van der Waals surface area contributed by atoms with Crippen LogP contribution in [0.3, 0.4) is 0 Å². The van der Waals surface area contributed by atoms with Gasteiger partial charge in [-0.3, -0.25) is 14.4 Å². The number of aryl methyl sites for hydroxylation is 1. The highest BCUT2D eigenvalue weighted by atomic mass is 32.2. The van der Waals surface area contributed by atoms with Crippen molar-refractivity contribution in [2.75, 3.05) is 11.1 Å². The smallest absolute Gasteiger partial charge is 0.307 e. The second kappa shape index (κ2) is 8.88. The summed E-state index contributed by atoms with van der Waals surface area (Å²) in [6.07, 6.45) is 0. The van der Waals surface area contributed by atoms with Crippen LogP contribution in [-0.2, 0) is 18.4 Å². The first-order valence-electron chi connectivity index (χ1n) is 10.5. The molecule has 1 fully saturated rings. The van der Waals surface area contributed by atoms with E-state index in [1.165, 1.54) is 0 Å². The third kappa shape index (κ3) is 4.31. The zero-order valence-corrected chi connectivity index (χ0v) is 19.5. The van der Waals surface area contributed by atoms with Gasteiger partial charge in [0.15, 0.2) is 0 Å². The summed E-state index contributed by atoms with van der Waals surface area (Å²) in [6.45, 7) is 0.563. The molecule has 0 radical (unpaired) electrons. The van der Waals surface area contributed by atoms with Crippen molar-refractivity contribution in [1.29, 1.82) is 0 Å². The van der Waals surface area contributed by atoms with E-state index in [4.69, 9.17) is 0 Å². The highest BCUT2D eigenvalue weighted by Crippen LogP contribution is 2.39. The number of hydrogen-bond donors (Lipinski definition) is 1. The molecule has 1 aliphatic heterocycles. The van der Waals surface area contributed by atoms with E-state index < -0.39 is 0 Å². The van der Waals surface area contributed by atoms with Crippen LogP contribution in [0.5, 0.6) is 0 Å². The minimum Gasteiger partial charge on any atom is -0.322 e. The maximum absolute atomic E-state index is 12.8. The van der Waals surface area contributed by atoms with Crippen LogP contribution in [0.2, 0.25) is 0 Å². The molecule has 5 rings (SSSR count). The number of thiazole rings is 1. The maximum atomic E-state index is 12.8. The molecule has 2 heterocycles. The van der Waals surface area contributed by atoms with Gasteiger partial charge < -0.3 is 14.8 Å². The highest BCUT2D eigenvalue weighted by molar-refractivity contribution is 8.00. The lowest BCUT2D eigenvalue weighted by molar-refractivity contribution is -0.128. The fourth-order valence-electron chi connectivity index (χ4n) is 3.90. The number of nitrogens with zero attached hydrogens (tertiary/aromatic N) is 2. The zero-order valence-electron chi connectivity index (χ0n) is 17.9. The summed E-state index contributed by atoms with van der Waals surface area (Å²) in [4.78, 5) is 38.9. The van der Waals surface area contributed by atoms with Crippen molar-refractivity contribution in [2.45, 2.75) is 11.9 Å². The monoisotopic (exact) mass is 475 g/mol. The van der Waals surface area contributed by atoms with Crippen molar-refractivity contribution in [3.05, 3.63) is 99.2 Å². The SMILES string of the molecule is Cn1c(=O)sc2cc(NC(=O)c3ccc([C@@H]4SCC(=O)N4Cc4ccccc4)cc3)ccc21. The Morgan fingerprint density at radius 2 is 1.79 bits per heavy atom. The number of carbonyl (C=O) groups is 2. The molecule has 1 aliphatic rings. The van der Waals surface area contributed by atoms with E-state index in [2.05, 4.69) is 5.32 Å². The van der Waals surface area contributed by atoms with Crippen molar-refractivity contribution >= 4 is 50.8 Å². The Morgan fingerprint density at radius 1 is 1.03 bits per heavy atom. The third-order valence-corrected chi connectivity index (χ3v) is 7.92. The molecule has 0 saturated carbocycles. The number of amides is 2. The Balaban J connectivity index is 1.31. The van der Waals surface area contributed by atoms with Gasteiger partial charge in [-0.1, -0.05) is 53.8 Å².